The highest BCUT2D eigenvalue weighted by atomic mass is 16.3. The maximum absolute atomic E-state index is 11.8. The van der Waals surface area contributed by atoms with E-state index in [1.54, 1.807) is 6.07 Å². The molecule has 3 N–H and O–H groups in total. The smallest absolute Gasteiger partial charge is 0.274 e. The lowest BCUT2D eigenvalue weighted by molar-refractivity contribution is 0.0900. The van der Waals surface area contributed by atoms with Gasteiger partial charge in [-0.3, -0.25) is 4.79 Å². The van der Waals surface area contributed by atoms with Crippen LogP contribution in [0, 0.1) is 5.92 Å². The van der Waals surface area contributed by atoms with Gasteiger partial charge in [0.15, 0.2) is 5.69 Å². The van der Waals surface area contributed by atoms with Crippen LogP contribution in [0.1, 0.15) is 30.8 Å². The summed E-state index contributed by atoms with van der Waals surface area (Å²) in [5.74, 6) is -0.265. The van der Waals surface area contributed by atoms with Gasteiger partial charge < -0.3 is 15.5 Å². The number of amides is 1. The molecule has 0 saturated carbocycles. The van der Waals surface area contributed by atoms with Gasteiger partial charge in [0.05, 0.1) is 12.6 Å². The molecule has 0 fully saturated rings. The van der Waals surface area contributed by atoms with Gasteiger partial charge in [-0.2, -0.15) is 0 Å². The number of aliphatic hydroxyl groups is 1. The number of carbonyl (C=O) groups excluding carboxylic acids is 1. The van der Waals surface area contributed by atoms with Crippen LogP contribution in [0.4, 0.5) is 0 Å². The summed E-state index contributed by atoms with van der Waals surface area (Å²) >= 11 is 0. The number of nitrogens with zero attached hydrogens (tertiary/aromatic N) is 1. The molecular weight excluding hydrogens is 220 g/mol. The Morgan fingerprint density at radius 1 is 1.53 bits per heavy atom. The summed E-state index contributed by atoms with van der Waals surface area (Å²) in [6.07, 6.45) is 2.11. The van der Waals surface area contributed by atoms with Crippen molar-refractivity contribution >= 4 is 5.91 Å². The van der Waals surface area contributed by atoms with E-state index in [-0.39, 0.29) is 24.1 Å². The Morgan fingerprint density at radius 2 is 2.24 bits per heavy atom. The Kier molecular flexibility index (Phi) is 4.90. The first-order valence-corrected chi connectivity index (χ1v) is 5.60. The molecule has 0 aliphatic heterocycles. The van der Waals surface area contributed by atoms with Gasteiger partial charge >= 0.3 is 0 Å². The fraction of sp³-hybridized carbons (Fsp3) is 0.500. The lowest BCUT2D eigenvalue weighted by Gasteiger charge is -2.18. The molecule has 1 amide bonds. The van der Waals surface area contributed by atoms with Crippen molar-refractivity contribution in [3.8, 4) is 5.75 Å². The van der Waals surface area contributed by atoms with Crippen molar-refractivity contribution in [3.63, 3.8) is 0 Å². The molecule has 0 spiro atoms. The standard InChI is InChI=1S/C12H18N2O3/c1-8(2)6-9(7-15)14-12(17)11-10(16)4-3-5-13-11/h3-5,8-9,15-16H,6-7H2,1-2H3,(H,14,17). The molecule has 1 atom stereocenters. The van der Waals surface area contributed by atoms with Gasteiger partial charge in [-0.25, -0.2) is 4.98 Å². The van der Waals surface area contributed by atoms with Crippen molar-refractivity contribution in [1.82, 2.24) is 10.3 Å². The average Bonchev–Trinajstić information content (AvgIpc) is 2.27. The third-order valence-corrected chi connectivity index (χ3v) is 2.31. The minimum atomic E-state index is -0.470. The maximum atomic E-state index is 11.8. The lowest BCUT2D eigenvalue weighted by atomic mass is 10.0. The first kappa shape index (κ1) is 13.4. The molecular formula is C12H18N2O3. The first-order valence-electron chi connectivity index (χ1n) is 5.60. The van der Waals surface area contributed by atoms with Crippen molar-refractivity contribution in [2.45, 2.75) is 26.3 Å². The molecule has 1 unspecified atom stereocenters. The SMILES string of the molecule is CC(C)CC(CO)NC(=O)c1ncccc1O. The van der Waals surface area contributed by atoms with E-state index in [0.717, 1.165) is 0 Å². The zero-order valence-electron chi connectivity index (χ0n) is 10.1. The van der Waals surface area contributed by atoms with Crippen LogP contribution < -0.4 is 5.32 Å². The van der Waals surface area contributed by atoms with Crippen molar-refractivity contribution in [1.29, 1.82) is 0 Å². The quantitative estimate of drug-likeness (QED) is 0.712. The van der Waals surface area contributed by atoms with Gasteiger partial charge in [-0.15, -0.1) is 0 Å². The van der Waals surface area contributed by atoms with Gasteiger partial charge in [0.25, 0.3) is 5.91 Å². The second kappa shape index (κ2) is 6.20. The maximum Gasteiger partial charge on any atom is 0.274 e. The molecule has 1 aromatic rings. The molecule has 94 valence electrons. The predicted octanol–water partition coefficient (Wildman–Crippen LogP) is 0.924. The minimum absolute atomic E-state index is 0.0188. The number of hydrogen-bond donors (Lipinski definition) is 3. The van der Waals surface area contributed by atoms with Gasteiger partial charge in [0, 0.05) is 6.20 Å². The Bertz CT molecular complexity index is 380. The van der Waals surface area contributed by atoms with E-state index in [9.17, 15) is 9.90 Å². The summed E-state index contributed by atoms with van der Waals surface area (Å²) in [6, 6.07) is 2.63. The Balaban J connectivity index is 2.68. The number of carbonyl (C=O) groups is 1. The second-order valence-electron chi connectivity index (χ2n) is 4.35. The highest BCUT2D eigenvalue weighted by Crippen LogP contribution is 2.13. The van der Waals surface area contributed by atoms with Crippen molar-refractivity contribution < 1.29 is 15.0 Å². The fourth-order valence-corrected chi connectivity index (χ4v) is 1.57. The zero-order chi connectivity index (χ0) is 12.8. The van der Waals surface area contributed by atoms with Crippen LogP contribution in [-0.2, 0) is 0 Å². The van der Waals surface area contributed by atoms with Crippen LogP contribution in [0.3, 0.4) is 0 Å². The first-order chi connectivity index (χ1) is 8.04. The van der Waals surface area contributed by atoms with E-state index in [2.05, 4.69) is 10.3 Å². The summed E-state index contributed by atoms with van der Waals surface area (Å²) in [7, 11) is 0. The molecule has 0 radical (unpaired) electrons. The highest BCUT2D eigenvalue weighted by Gasteiger charge is 2.17. The largest absolute Gasteiger partial charge is 0.505 e. The van der Waals surface area contributed by atoms with Gasteiger partial charge in [0.1, 0.15) is 5.75 Å². The van der Waals surface area contributed by atoms with Crippen LogP contribution in [-0.4, -0.2) is 33.8 Å². The molecule has 0 aromatic carbocycles. The number of aromatic nitrogens is 1. The Hall–Kier alpha value is -1.62. The number of hydrogen-bond acceptors (Lipinski definition) is 4. The van der Waals surface area contributed by atoms with E-state index in [0.29, 0.717) is 12.3 Å². The fourth-order valence-electron chi connectivity index (χ4n) is 1.57. The Labute approximate surface area is 101 Å². The molecule has 1 heterocycles. The zero-order valence-corrected chi connectivity index (χ0v) is 10.1. The lowest BCUT2D eigenvalue weighted by Crippen LogP contribution is -2.38. The van der Waals surface area contributed by atoms with E-state index in [1.807, 2.05) is 13.8 Å². The van der Waals surface area contributed by atoms with Crippen molar-refractivity contribution in [2.75, 3.05) is 6.61 Å². The van der Waals surface area contributed by atoms with Crippen LogP contribution >= 0.6 is 0 Å². The normalized spacial score (nSPS) is 12.5. The molecule has 0 aliphatic rings. The summed E-state index contributed by atoms with van der Waals surface area (Å²) in [5, 5.41) is 21.2. The highest BCUT2D eigenvalue weighted by molar-refractivity contribution is 5.94. The minimum Gasteiger partial charge on any atom is -0.505 e. The van der Waals surface area contributed by atoms with E-state index in [1.165, 1.54) is 12.3 Å². The van der Waals surface area contributed by atoms with Crippen molar-refractivity contribution in [2.24, 2.45) is 5.92 Å². The summed E-state index contributed by atoms with van der Waals surface area (Å²) < 4.78 is 0. The van der Waals surface area contributed by atoms with E-state index >= 15 is 0 Å². The number of aliphatic hydroxyl groups excluding tert-OH is 1. The molecule has 0 saturated heterocycles. The molecule has 1 aromatic heterocycles. The van der Waals surface area contributed by atoms with Crippen LogP contribution in [0.25, 0.3) is 0 Å². The van der Waals surface area contributed by atoms with Crippen molar-refractivity contribution in [3.05, 3.63) is 24.0 Å². The summed E-state index contributed by atoms with van der Waals surface area (Å²) in [6.45, 7) is 3.89. The van der Waals surface area contributed by atoms with Crippen LogP contribution in [0.15, 0.2) is 18.3 Å². The molecule has 17 heavy (non-hydrogen) atoms. The third-order valence-electron chi connectivity index (χ3n) is 2.31. The second-order valence-corrected chi connectivity index (χ2v) is 4.35. The molecule has 1 rings (SSSR count). The molecule has 0 bridgehead atoms. The van der Waals surface area contributed by atoms with Crippen LogP contribution in [0.2, 0.25) is 0 Å². The predicted molar refractivity (Wildman–Crippen MR) is 63.7 cm³/mol. The van der Waals surface area contributed by atoms with Gasteiger partial charge in [-0.05, 0) is 24.5 Å². The number of rotatable bonds is 5. The molecule has 5 heteroatoms. The topological polar surface area (TPSA) is 82.5 Å². The molecule has 0 aliphatic carbocycles. The van der Waals surface area contributed by atoms with Crippen LogP contribution in [0.5, 0.6) is 5.75 Å². The average molecular weight is 238 g/mol. The van der Waals surface area contributed by atoms with E-state index < -0.39 is 5.91 Å². The van der Waals surface area contributed by atoms with E-state index in [4.69, 9.17) is 5.11 Å². The van der Waals surface area contributed by atoms with Gasteiger partial charge in [-0.1, -0.05) is 13.8 Å². The Morgan fingerprint density at radius 3 is 2.76 bits per heavy atom. The summed E-state index contributed by atoms with van der Waals surface area (Å²) in [4.78, 5) is 15.6. The monoisotopic (exact) mass is 238 g/mol. The number of aromatic hydroxyl groups is 1. The number of pyridine rings is 1. The summed E-state index contributed by atoms with van der Waals surface area (Å²) in [5.41, 5.74) is -0.0188. The van der Waals surface area contributed by atoms with Gasteiger partial charge in [0.2, 0.25) is 0 Å². The molecule has 5 nitrogen and oxygen atoms in total. The number of nitrogens with one attached hydrogen (secondary N) is 1. The third kappa shape index (κ3) is 4.03.